The minimum atomic E-state index is -0.883. The van der Waals surface area contributed by atoms with Crippen LogP contribution in [0.15, 0.2) is 28.7 Å². The first kappa shape index (κ1) is 18.0. The summed E-state index contributed by atoms with van der Waals surface area (Å²) in [6.45, 7) is 0.699. The Morgan fingerprint density at radius 1 is 1.33 bits per heavy atom. The van der Waals surface area contributed by atoms with Crippen molar-refractivity contribution in [1.29, 1.82) is 0 Å². The van der Waals surface area contributed by atoms with Gasteiger partial charge >= 0.3 is 5.97 Å². The Bertz CT molecular complexity index is 482. The topological polar surface area (TPSA) is 57.6 Å². The van der Waals surface area contributed by atoms with E-state index in [0.717, 1.165) is 22.2 Å². The Balaban J connectivity index is 2.66. The summed E-state index contributed by atoms with van der Waals surface area (Å²) in [4.78, 5) is 24.6. The summed E-state index contributed by atoms with van der Waals surface area (Å²) < 4.78 is 0.952. The van der Waals surface area contributed by atoms with E-state index in [-0.39, 0.29) is 18.9 Å². The SMILES string of the molecule is CSCCCC(=O)N(CCC(=O)O)Cc1cccc(Br)c1. The largest absolute Gasteiger partial charge is 0.481 e. The number of carbonyl (C=O) groups excluding carboxylic acids is 1. The molecular weight excluding hydrogens is 354 g/mol. The van der Waals surface area contributed by atoms with Crippen molar-refractivity contribution in [2.75, 3.05) is 18.6 Å². The van der Waals surface area contributed by atoms with E-state index in [9.17, 15) is 9.59 Å². The van der Waals surface area contributed by atoms with Gasteiger partial charge in [0.05, 0.1) is 6.42 Å². The minimum absolute atomic E-state index is 0.0188. The fraction of sp³-hybridized carbons (Fsp3) is 0.467. The van der Waals surface area contributed by atoms with E-state index in [2.05, 4.69) is 15.9 Å². The van der Waals surface area contributed by atoms with Gasteiger partial charge in [-0.25, -0.2) is 0 Å². The molecule has 21 heavy (non-hydrogen) atoms. The van der Waals surface area contributed by atoms with E-state index in [1.54, 1.807) is 16.7 Å². The number of carboxylic acid groups (broad SMARTS) is 1. The Morgan fingerprint density at radius 3 is 2.71 bits per heavy atom. The van der Waals surface area contributed by atoms with Gasteiger partial charge in [0.15, 0.2) is 0 Å². The van der Waals surface area contributed by atoms with Gasteiger partial charge in [-0.2, -0.15) is 11.8 Å². The molecule has 0 saturated carbocycles. The van der Waals surface area contributed by atoms with Crippen molar-refractivity contribution in [1.82, 2.24) is 4.90 Å². The van der Waals surface area contributed by atoms with Crippen LogP contribution in [0.5, 0.6) is 0 Å². The number of amides is 1. The van der Waals surface area contributed by atoms with E-state index in [1.807, 2.05) is 30.5 Å². The summed E-state index contributed by atoms with van der Waals surface area (Å²) in [5, 5.41) is 8.82. The number of carboxylic acids is 1. The molecule has 116 valence electrons. The van der Waals surface area contributed by atoms with Crippen molar-refractivity contribution < 1.29 is 14.7 Å². The second-order valence-corrected chi connectivity index (χ2v) is 6.59. The normalized spacial score (nSPS) is 10.4. The third-order valence-corrected chi connectivity index (χ3v) is 4.14. The first-order valence-electron chi connectivity index (χ1n) is 6.76. The number of benzene rings is 1. The highest BCUT2D eigenvalue weighted by atomic mass is 79.9. The van der Waals surface area contributed by atoms with Crippen LogP contribution in [0.25, 0.3) is 0 Å². The maximum atomic E-state index is 12.2. The summed E-state index contributed by atoms with van der Waals surface area (Å²) in [6.07, 6.45) is 3.27. The molecule has 1 N–H and O–H groups in total. The number of rotatable bonds is 9. The zero-order valence-electron chi connectivity index (χ0n) is 12.0. The molecule has 0 bridgehead atoms. The predicted octanol–water partition coefficient (Wildman–Crippen LogP) is 3.40. The van der Waals surface area contributed by atoms with Gasteiger partial charge in [0.25, 0.3) is 0 Å². The molecule has 1 aromatic rings. The van der Waals surface area contributed by atoms with Crippen molar-refractivity contribution in [2.24, 2.45) is 0 Å². The van der Waals surface area contributed by atoms with Crippen molar-refractivity contribution in [3.8, 4) is 0 Å². The molecule has 0 atom stereocenters. The monoisotopic (exact) mass is 373 g/mol. The van der Waals surface area contributed by atoms with Gasteiger partial charge in [0.1, 0.15) is 0 Å². The van der Waals surface area contributed by atoms with Crippen LogP contribution in [0.2, 0.25) is 0 Å². The zero-order chi connectivity index (χ0) is 15.7. The van der Waals surface area contributed by atoms with E-state index >= 15 is 0 Å². The first-order chi connectivity index (χ1) is 10.0. The fourth-order valence-corrected chi connectivity index (χ4v) is 2.78. The predicted molar refractivity (Wildman–Crippen MR) is 89.4 cm³/mol. The zero-order valence-corrected chi connectivity index (χ0v) is 14.5. The highest BCUT2D eigenvalue weighted by Gasteiger charge is 2.15. The summed E-state index contributed by atoms with van der Waals surface area (Å²) in [5.41, 5.74) is 0.994. The molecule has 6 heteroatoms. The van der Waals surface area contributed by atoms with Crippen molar-refractivity contribution >= 4 is 39.6 Å². The number of aliphatic carboxylic acids is 1. The number of carbonyl (C=O) groups is 2. The van der Waals surface area contributed by atoms with Gasteiger partial charge in [-0.1, -0.05) is 28.1 Å². The molecule has 0 aliphatic rings. The van der Waals surface area contributed by atoms with Crippen LogP contribution in [0.4, 0.5) is 0 Å². The molecule has 0 aliphatic heterocycles. The third-order valence-electron chi connectivity index (χ3n) is 2.95. The molecule has 0 radical (unpaired) electrons. The Kier molecular flexibility index (Phi) is 8.45. The van der Waals surface area contributed by atoms with Gasteiger partial charge in [0, 0.05) is 24.0 Å². The molecule has 4 nitrogen and oxygen atoms in total. The van der Waals surface area contributed by atoms with Crippen LogP contribution in [0.3, 0.4) is 0 Å². The van der Waals surface area contributed by atoms with Gasteiger partial charge in [-0.15, -0.1) is 0 Å². The number of hydrogen-bond donors (Lipinski definition) is 1. The lowest BCUT2D eigenvalue weighted by Crippen LogP contribution is -2.32. The lowest BCUT2D eigenvalue weighted by Gasteiger charge is -2.22. The summed E-state index contributed by atoms with van der Waals surface area (Å²) in [6, 6.07) is 7.72. The number of halogens is 1. The van der Waals surface area contributed by atoms with E-state index in [1.165, 1.54) is 0 Å². The minimum Gasteiger partial charge on any atom is -0.481 e. The maximum absolute atomic E-state index is 12.2. The van der Waals surface area contributed by atoms with Gasteiger partial charge < -0.3 is 10.0 Å². The Labute approximate surface area is 138 Å². The molecule has 0 aromatic heterocycles. The van der Waals surface area contributed by atoms with E-state index < -0.39 is 5.97 Å². The smallest absolute Gasteiger partial charge is 0.305 e. The van der Waals surface area contributed by atoms with Crippen LogP contribution in [-0.4, -0.2) is 40.4 Å². The first-order valence-corrected chi connectivity index (χ1v) is 8.94. The lowest BCUT2D eigenvalue weighted by atomic mass is 10.2. The number of nitrogens with zero attached hydrogens (tertiary/aromatic N) is 1. The average molecular weight is 374 g/mol. The summed E-state index contributed by atoms with van der Waals surface area (Å²) in [7, 11) is 0. The fourth-order valence-electron chi connectivity index (χ4n) is 1.90. The van der Waals surface area contributed by atoms with E-state index in [0.29, 0.717) is 13.0 Å². The number of thioether (sulfide) groups is 1. The van der Waals surface area contributed by atoms with E-state index in [4.69, 9.17) is 5.11 Å². The van der Waals surface area contributed by atoms with Gasteiger partial charge in [-0.05, 0) is 36.1 Å². The molecule has 0 unspecified atom stereocenters. The molecule has 0 saturated heterocycles. The summed E-state index contributed by atoms with van der Waals surface area (Å²) in [5.74, 6) is 0.0755. The molecule has 0 aliphatic carbocycles. The molecule has 1 amide bonds. The van der Waals surface area contributed by atoms with Crippen LogP contribution in [0, 0.1) is 0 Å². The molecular formula is C15H20BrNO3S. The van der Waals surface area contributed by atoms with Crippen LogP contribution < -0.4 is 0 Å². The maximum Gasteiger partial charge on any atom is 0.305 e. The van der Waals surface area contributed by atoms with Crippen LogP contribution in [-0.2, 0) is 16.1 Å². The number of hydrogen-bond acceptors (Lipinski definition) is 3. The standard InChI is InChI=1S/C15H20BrNO3S/c1-21-9-3-6-14(18)17(8-7-15(19)20)11-12-4-2-5-13(16)10-12/h2,4-5,10H,3,6-9,11H2,1H3,(H,19,20). The Hall–Kier alpha value is -1.01. The second kappa shape index (κ2) is 9.84. The molecule has 0 fully saturated rings. The molecule has 0 heterocycles. The quantitative estimate of drug-likeness (QED) is 0.673. The molecule has 1 rings (SSSR count). The second-order valence-electron chi connectivity index (χ2n) is 4.69. The van der Waals surface area contributed by atoms with Crippen molar-refractivity contribution in [2.45, 2.75) is 25.8 Å². The Morgan fingerprint density at radius 2 is 2.10 bits per heavy atom. The van der Waals surface area contributed by atoms with Crippen LogP contribution >= 0.6 is 27.7 Å². The van der Waals surface area contributed by atoms with Crippen LogP contribution in [0.1, 0.15) is 24.8 Å². The lowest BCUT2D eigenvalue weighted by molar-refractivity contribution is -0.138. The summed E-state index contributed by atoms with van der Waals surface area (Å²) >= 11 is 5.11. The van der Waals surface area contributed by atoms with Crippen molar-refractivity contribution in [3.05, 3.63) is 34.3 Å². The third kappa shape index (κ3) is 7.52. The highest BCUT2D eigenvalue weighted by molar-refractivity contribution is 9.10. The highest BCUT2D eigenvalue weighted by Crippen LogP contribution is 2.15. The molecule has 0 spiro atoms. The van der Waals surface area contributed by atoms with Crippen molar-refractivity contribution in [3.63, 3.8) is 0 Å². The van der Waals surface area contributed by atoms with Gasteiger partial charge in [0.2, 0.25) is 5.91 Å². The molecule has 1 aromatic carbocycles. The average Bonchev–Trinajstić information content (AvgIpc) is 2.43. The van der Waals surface area contributed by atoms with Gasteiger partial charge in [-0.3, -0.25) is 9.59 Å².